The molecule has 0 radical (unpaired) electrons. The fraction of sp³-hybridized carbons (Fsp3) is 0.500. The molecule has 2 aromatic rings. The van der Waals surface area contributed by atoms with E-state index >= 15 is 0 Å². The third-order valence-corrected chi connectivity index (χ3v) is 4.00. The van der Waals surface area contributed by atoms with Crippen molar-refractivity contribution in [1.29, 1.82) is 0 Å². The van der Waals surface area contributed by atoms with Gasteiger partial charge in [-0.3, -0.25) is 4.79 Å². The summed E-state index contributed by atoms with van der Waals surface area (Å²) in [7, 11) is 4.00. The normalized spacial score (nSPS) is 16.0. The van der Waals surface area contributed by atoms with Crippen LogP contribution in [0.5, 0.6) is 0 Å². The van der Waals surface area contributed by atoms with Crippen LogP contribution in [0, 0.1) is 0 Å². The second-order valence-corrected chi connectivity index (χ2v) is 6.03. The monoisotopic (exact) mass is 286 g/mol. The van der Waals surface area contributed by atoms with Crippen molar-refractivity contribution in [3.05, 3.63) is 35.8 Å². The van der Waals surface area contributed by atoms with Crippen molar-refractivity contribution in [1.82, 2.24) is 19.6 Å². The van der Waals surface area contributed by atoms with E-state index in [4.69, 9.17) is 0 Å². The molecule has 5 nitrogen and oxygen atoms in total. The number of carbonyl (C=O) groups excluding carboxylic acids is 1. The molecule has 1 aliphatic rings. The van der Waals surface area contributed by atoms with Crippen LogP contribution < -0.4 is 5.32 Å². The van der Waals surface area contributed by atoms with Gasteiger partial charge in [0.25, 0.3) is 5.91 Å². The molecule has 112 valence electrons. The highest BCUT2D eigenvalue weighted by Gasteiger charge is 2.23. The quantitative estimate of drug-likeness (QED) is 0.936. The second-order valence-electron chi connectivity index (χ2n) is 6.03. The molecule has 1 saturated carbocycles. The lowest BCUT2D eigenvalue weighted by Gasteiger charge is -2.13. The van der Waals surface area contributed by atoms with Gasteiger partial charge in [-0.25, -0.2) is 4.98 Å². The molecule has 0 atom stereocenters. The molecule has 3 rings (SSSR count). The number of pyridine rings is 1. The summed E-state index contributed by atoms with van der Waals surface area (Å²) in [6.45, 7) is 0.693. The third-order valence-electron chi connectivity index (χ3n) is 4.00. The first kappa shape index (κ1) is 14.1. The van der Waals surface area contributed by atoms with Crippen LogP contribution in [0.3, 0.4) is 0 Å². The van der Waals surface area contributed by atoms with Crippen LogP contribution in [0.4, 0.5) is 0 Å². The van der Waals surface area contributed by atoms with Gasteiger partial charge in [0.05, 0.1) is 5.69 Å². The third kappa shape index (κ3) is 2.93. The number of nitrogens with zero attached hydrogens (tertiary/aromatic N) is 3. The summed E-state index contributed by atoms with van der Waals surface area (Å²) in [5.74, 6) is -0.0394. The highest BCUT2D eigenvalue weighted by molar-refractivity contribution is 5.94. The second kappa shape index (κ2) is 5.85. The van der Waals surface area contributed by atoms with Gasteiger partial charge in [-0.1, -0.05) is 18.9 Å². The van der Waals surface area contributed by atoms with Gasteiger partial charge in [-0.2, -0.15) is 0 Å². The SMILES string of the molecule is CN(C)Cc1c(C(=O)NC2CCCC2)nc2ccccn12. The molecule has 0 aromatic carbocycles. The fourth-order valence-corrected chi connectivity index (χ4v) is 3.00. The smallest absolute Gasteiger partial charge is 0.272 e. The van der Waals surface area contributed by atoms with E-state index in [0.717, 1.165) is 24.2 Å². The minimum absolute atomic E-state index is 0.0394. The van der Waals surface area contributed by atoms with Crippen molar-refractivity contribution in [2.75, 3.05) is 14.1 Å². The first-order chi connectivity index (χ1) is 10.1. The average molecular weight is 286 g/mol. The zero-order valence-corrected chi connectivity index (χ0v) is 12.7. The molecule has 1 aliphatic carbocycles. The van der Waals surface area contributed by atoms with Crippen molar-refractivity contribution in [3.8, 4) is 0 Å². The van der Waals surface area contributed by atoms with Crippen molar-refractivity contribution in [2.24, 2.45) is 0 Å². The minimum Gasteiger partial charge on any atom is -0.348 e. The lowest BCUT2D eigenvalue weighted by Crippen LogP contribution is -2.33. The van der Waals surface area contributed by atoms with Gasteiger partial charge in [-0.15, -0.1) is 0 Å². The van der Waals surface area contributed by atoms with Crippen LogP contribution in [-0.2, 0) is 6.54 Å². The Balaban J connectivity index is 1.93. The summed E-state index contributed by atoms with van der Waals surface area (Å²) < 4.78 is 2.00. The Kier molecular flexibility index (Phi) is 3.92. The molecular formula is C16H22N4O. The number of hydrogen-bond donors (Lipinski definition) is 1. The Morgan fingerprint density at radius 1 is 1.38 bits per heavy atom. The van der Waals surface area contributed by atoms with Gasteiger partial charge in [-0.05, 0) is 39.1 Å². The molecule has 0 spiro atoms. The van der Waals surface area contributed by atoms with Crippen molar-refractivity contribution in [3.63, 3.8) is 0 Å². The number of aromatic nitrogens is 2. The Labute approximate surface area is 125 Å². The maximum absolute atomic E-state index is 12.6. The maximum atomic E-state index is 12.6. The molecule has 5 heteroatoms. The summed E-state index contributed by atoms with van der Waals surface area (Å²) in [6, 6.07) is 6.16. The number of amides is 1. The molecular weight excluding hydrogens is 264 g/mol. The van der Waals surface area contributed by atoms with E-state index in [1.165, 1.54) is 12.8 Å². The molecule has 1 amide bonds. The van der Waals surface area contributed by atoms with Crippen LogP contribution in [0.25, 0.3) is 5.65 Å². The molecule has 0 aliphatic heterocycles. The van der Waals surface area contributed by atoms with Crippen LogP contribution in [0.1, 0.15) is 41.9 Å². The highest BCUT2D eigenvalue weighted by atomic mass is 16.2. The predicted molar refractivity (Wildman–Crippen MR) is 82.3 cm³/mol. The Hall–Kier alpha value is -1.88. The first-order valence-corrected chi connectivity index (χ1v) is 7.56. The van der Waals surface area contributed by atoms with E-state index in [2.05, 4.69) is 15.2 Å². The van der Waals surface area contributed by atoms with Gasteiger partial charge in [0, 0.05) is 18.8 Å². The minimum atomic E-state index is -0.0394. The van der Waals surface area contributed by atoms with Crippen molar-refractivity contribution < 1.29 is 4.79 Å². The van der Waals surface area contributed by atoms with E-state index < -0.39 is 0 Å². The van der Waals surface area contributed by atoms with Gasteiger partial charge < -0.3 is 14.6 Å². The van der Waals surface area contributed by atoms with E-state index in [-0.39, 0.29) is 5.91 Å². The largest absolute Gasteiger partial charge is 0.348 e. The molecule has 2 aromatic heterocycles. The van der Waals surface area contributed by atoms with Gasteiger partial charge in [0.1, 0.15) is 5.65 Å². The Morgan fingerprint density at radius 3 is 2.86 bits per heavy atom. The zero-order chi connectivity index (χ0) is 14.8. The number of nitrogens with one attached hydrogen (secondary N) is 1. The topological polar surface area (TPSA) is 49.6 Å². The Bertz CT molecular complexity index is 641. The van der Waals surface area contributed by atoms with E-state index in [0.29, 0.717) is 18.3 Å². The van der Waals surface area contributed by atoms with Crippen LogP contribution >= 0.6 is 0 Å². The van der Waals surface area contributed by atoms with E-state index in [1.807, 2.05) is 42.9 Å². The lowest BCUT2D eigenvalue weighted by atomic mass is 10.2. The van der Waals surface area contributed by atoms with E-state index in [9.17, 15) is 4.79 Å². The van der Waals surface area contributed by atoms with E-state index in [1.54, 1.807) is 0 Å². The Morgan fingerprint density at radius 2 is 2.14 bits per heavy atom. The zero-order valence-electron chi connectivity index (χ0n) is 12.7. The lowest BCUT2D eigenvalue weighted by molar-refractivity contribution is 0.0931. The molecule has 1 fully saturated rings. The fourth-order valence-electron chi connectivity index (χ4n) is 3.00. The number of imidazole rings is 1. The summed E-state index contributed by atoms with van der Waals surface area (Å²) in [5, 5.41) is 3.14. The van der Waals surface area contributed by atoms with Gasteiger partial charge in [0.2, 0.25) is 0 Å². The summed E-state index contributed by atoms with van der Waals surface area (Å²) in [6.07, 6.45) is 6.55. The van der Waals surface area contributed by atoms with Crippen molar-refractivity contribution in [2.45, 2.75) is 38.3 Å². The average Bonchev–Trinajstić information content (AvgIpc) is 3.07. The predicted octanol–water partition coefficient (Wildman–Crippen LogP) is 2.07. The van der Waals surface area contributed by atoms with Crippen LogP contribution in [0.2, 0.25) is 0 Å². The molecule has 1 N–H and O–H groups in total. The number of rotatable bonds is 4. The molecule has 0 unspecified atom stereocenters. The molecule has 21 heavy (non-hydrogen) atoms. The number of fused-ring (bicyclic) bond motifs is 1. The van der Waals surface area contributed by atoms with Crippen LogP contribution in [-0.4, -0.2) is 40.3 Å². The number of carbonyl (C=O) groups is 1. The molecule has 0 bridgehead atoms. The molecule has 2 heterocycles. The van der Waals surface area contributed by atoms with Crippen LogP contribution in [0.15, 0.2) is 24.4 Å². The first-order valence-electron chi connectivity index (χ1n) is 7.56. The standard InChI is InChI=1S/C16H22N4O/c1-19(2)11-13-15(16(21)17-12-7-3-4-8-12)18-14-9-5-6-10-20(13)14/h5-6,9-10,12H,3-4,7-8,11H2,1-2H3,(H,17,21). The van der Waals surface area contributed by atoms with Crippen molar-refractivity contribution >= 4 is 11.6 Å². The highest BCUT2D eigenvalue weighted by Crippen LogP contribution is 2.19. The maximum Gasteiger partial charge on any atom is 0.272 e. The summed E-state index contributed by atoms with van der Waals surface area (Å²) in [4.78, 5) is 19.2. The summed E-state index contributed by atoms with van der Waals surface area (Å²) in [5.41, 5.74) is 2.33. The summed E-state index contributed by atoms with van der Waals surface area (Å²) >= 11 is 0. The number of hydrogen-bond acceptors (Lipinski definition) is 3. The van der Waals surface area contributed by atoms with Gasteiger partial charge in [0.15, 0.2) is 5.69 Å². The van der Waals surface area contributed by atoms with Gasteiger partial charge >= 0.3 is 0 Å². The molecule has 0 saturated heterocycles.